The second-order valence-corrected chi connectivity index (χ2v) is 5.35. The number of alkyl halides is 3. The summed E-state index contributed by atoms with van der Waals surface area (Å²) in [4.78, 5) is 10.9. The second kappa shape index (κ2) is 5.09. The van der Waals surface area contributed by atoms with Crippen LogP contribution in [-0.4, -0.2) is 10.9 Å². The van der Waals surface area contributed by atoms with Crippen LogP contribution in [0.25, 0.3) is 5.69 Å². The number of nitrogens with zero attached hydrogens (tertiary/aromatic N) is 1. The van der Waals surface area contributed by atoms with Crippen LogP contribution in [0.1, 0.15) is 27.3 Å². The fourth-order valence-electron chi connectivity index (χ4n) is 2.21. The van der Waals surface area contributed by atoms with Crippen LogP contribution in [0, 0.1) is 13.8 Å². The fraction of sp³-hybridized carbons (Fsp3) is 0.214. The molecule has 0 aliphatic rings. The first-order chi connectivity index (χ1) is 9.25. The van der Waals surface area contributed by atoms with Gasteiger partial charge in [-0.3, -0.25) is 4.79 Å². The first-order valence-electron chi connectivity index (χ1n) is 5.77. The lowest BCUT2D eigenvalue weighted by Crippen LogP contribution is -2.12. The van der Waals surface area contributed by atoms with Crippen molar-refractivity contribution in [3.63, 3.8) is 0 Å². The van der Waals surface area contributed by atoms with Gasteiger partial charge in [0.15, 0.2) is 6.29 Å². The van der Waals surface area contributed by atoms with Gasteiger partial charge in [0.2, 0.25) is 0 Å². The van der Waals surface area contributed by atoms with Gasteiger partial charge in [0.1, 0.15) is 0 Å². The lowest BCUT2D eigenvalue weighted by Gasteiger charge is -2.17. The summed E-state index contributed by atoms with van der Waals surface area (Å²) in [5, 5.41) is 0. The molecule has 0 N–H and O–H groups in total. The van der Waals surface area contributed by atoms with E-state index in [-0.39, 0.29) is 5.69 Å². The van der Waals surface area contributed by atoms with Gasteiger partial charge in [-0.1, -0.05) is 15.9 Å². The zero-order valence-corrected chi connectivity index (χ0v) is 12.3. The van der Waals surface area contributed by atoms with E-state index in [1.54, 1.807) is 26.0 Å². The zero-order chi connectivity index (χ0) is 15.1. The van der Waals surface area contributed by atoms with Gasteiger partial charge >= 0.3 is 6.18 Å². The molecule has 0 saturated carbocycles. The summed E-state index contributed by atoms with van der Waals surface area (Å²) < 4.78 is 41.3. The Morgan fingerprint density at radius 1 is 1.20 bits per heavy atom. The van der Waals surface area contributed by atoms with Crippen LogP contribution < -0.4 is 0 Å². The average Bonchev–Trinajstić information content (AvgIpc) is 2.64. The standard InChI is InChI=1S/C14H11BrF3NO/c1-8-5-10(7-20)9(2)19(8)13-4-3-11(15)6-12(13)14(16,17)18/h3-7H,1-2H3. The Kier molecular flexibility index (Phi) is 3.77. The van der Waals surface area contributed by atoms with E-state index in [4.69, 9.17) is 0 Å². The van der Waals surface area contributed by atoms with E-state index >= 15 is 0 Å². The van der Waals surface area contributed by atoms with Crippen molar-refractivity contribution in [3.05, 3.63) is 51.3 Å². The third-order valence-electron chi connectivity index (χ3n) is 3.10. The molecule has 0 saturated heterocycles. The van der Waals surface area contributed by atoms with Crippen LogP contribution in [0.2, 0.25) is 0 Å². The highest BCUT2D eigenvalue weighted by Gasteiger charge is 2.34. The predicted molar refractivity (Wildman–Crippen MR) is 73.3 cm³/mol. The molecule has 1 aromatic heterocycles. The third kappa shape index (κ3) is 2.52. The number of benzene rings is 1. The summed E-state index contributed by atoms with van der Waals surface area (Å²) in [6.07, 6.45) is -3.82. The minimum absolute atomic E-state index is 0.0174. The lowest BCUT2D eigenvalue weighted by molar-refractivity contribution is -0.137. The first kappa shape index (κ1) is 14.8. The first-order valence-corrected chi connectivity index (χ1v) is 6.56. The molecule has 20 heavy (non-hydrogen) atoms. The summed E-state index contributed by atoms with van der Waals surface area (Å²) in [5.74, 6) is 0. The van der Waals surface area contributed by atoms with Crippen molar-refractivity contribution in [2.75, 3.05) is 0 Å². The molecule has 0 aliphatic heterocycles. The molecular formula is C14H11BrF3NO. The highest BCUT2D eigenvalue weighted by molar-refractivity contribution is 9.10. The van der Waals surface area contributed by atoms with Crippen molar-refractivity contribution < 1.29 is 18.0 Å². The monoisotopic (exact) mass is 345 g/mol. The largest absolute Gasteiger partial charge is 0.418 e. The molecule has 0 fully saturated rings. The van der Waals surface area contributed by atoms with Crippen LogP contribution in [0.3, 0.4) is 0 Å². The second-order valence-electron chi connectivity index (χ2n) is 4.44. The number of aldehydes is 1. The van der Waals surface area contributed by atoms with E-state index in [0.717, 1.165) is 6.07 Å². The summed E-state index contributed by atoms with van der Waals surface area (Å²) in [5.41, 5.74) is 0.733. The molecule has 0 atom stereocenters. The Balaban J connectivity index is 2.77. The molecule has 0 unspecified atom stereocenters. The van der Waals surface area contributed by atoms with Crippen molar-refractivity contribution in [1.29, 1.82) is 0 Å². The van der Waals surface area contributed by atoms with Gasteiger partial charge in [-0.05, 0) is 38.1 Å². The van der Waals surface area contributed by atoms with Crippen LogP contribution in [0.5, 0.6) is 0 Å². The van der Waals surface area contributed by atoms with Gasteiger partial charge in [0.05, 0.1) is 11.3 Å². The minimum atomic E-state index is -4.47. The molecule has 6 heteroatoms. The number of aromatic nitrogens is 1. The molecule has 1 heterocycles. The maximum atomic E-state index is 13.2. The van der Waals surface area contributed by atoms with E-state index in [1.807, 2.05) is 0 Å². The molecule has 0 aliphatic carbocycles. The Bertz CT molecular complexity index is 674. The number of hydrogen-bond donors (Lipinski definition) is 0. The third-order valence-corrected chi connectivity index (χ3v) is 3.60. The van der Waals surface area contributed by atoms with Crippen molar-refractivity contribution >= 4 is 22.2 Å². The van der Waals surface area contributed by atoms with E-state index in [1.165, 1.54) is 10.6 Å². The topological polar surface area (TPSA) is 22.0 Å². The van der Waals surface area contributed by atoms with E-state index in [9.17, 15) is 18.0 Å². The molecule has 2 aromatic rings. The van der Waals surface area contributed by atoms with Gasteiger partial charge in [0, 0.05) is 21.4 Å². The average molecular weight is 346 g/mol. The van der Waals surface area contributed by atoms with E-state index in [2.05, 4.69) is 15.9 Å². The summed E-state index contributed by atoms with van der Waals surface area (Å²) in [6.45, 7) is 3.29. The SMILES string of the molecule is Cc1cc(C=O)c(C)n1-c1ccc(Br)cc1C(F)(F)F. The molecule has 0 amide bonds. The maximum Gasteiger partial charge on any atom is 0.418 e. The molecule has 2 rings (SSSR count). The Morgan fingerprint density at radius 2 is 1.85 bits per heavy atom. The van der Waals surface area contributed by atoms with Crippen molar-refractivity contribution in [1.82, 2.24) is 4.57 Å². The van der Waals surface area contributed by atoms with Crippen molar-refractivity contribution in [3.8, 4) is 5.69 Å². The Morgan fingerprint density at radius 3 is 2.35 bits per heavy atom. The van der Waals surface area contributed by atoms with Gasteiger partial charge < -0.3 is 4.57 Å². The van der Waals surface area contributed by atoms with Gasteiger partial charge in [-0.25, -0.2) is 0 Å². The molecular weight excluding hydrogens is 335 g/mol. The van der Waals surface area contributed by atoms with E-state index in [0.29, 0.717) is 27.7 Å². The summed E-state index contributed by atoms with van der Waals surface area (Å²) in [7, 11) is 0. The number of halogens is 4. The van der Waals surface area contributed by atoms with Crippen LogP contribution in [0.4, 0.5) is 13.2 Å². The van der Waals surface area contributed by atoms with Crippen LogP contribution in [-0.2, 0) is 6.18 Å². The van der Waals surface area contributed by atoms with E-state index < -0.39 is 11.7 Å². The van der Waals surface area contributed by atoms with Crippen molar-refractivity contribution in [2.45, 2.75) is 20.0 Å². The summed E-state index contributed by atoms with van der Waals surface area (Å²) in [6, 6.07) is 5.55. The Hall–Kier alpha value is -1.56. The number of hydrogen-bond acceptors (Lipinski definition) is 1. The fourth-order valence-corrected chi connectivity index (χ4v) is 2.57. The lowest BCUT2D eigenvalue weighted by atomic mass is 10.1. The number of rotatable bonds is 2. The Labute approximate surface area is 122 Å². The zero-order valence-electron chi connectivity index (χ0n) is 10.8. The molecule has 1 aromatic carbocycles. The quantitative estimate of drug-likeness (QED) is 0.724. The number of carbonyl (C=O) groups is 1. The molecule has 106 valence electrons. The highest BCUT2D eigenvalue weighted by atomic mass is 79.9. The van der Waals surface area contributed by atoms with Crippen molar-refractivity contribution in [2.24, 2.45) is 0 Å². The minimum Gasteiger partial charge on any atom is -0.317 e. The maximum absolute atomic E-state index is 13.2. The van der Waals surface area contributed by atoms with Crippen LogP contribution in [0.15, 0.2) is 28.7 Å². The van der Waals surface area contributed by atoms with Gasteiger partial charge in [0.25, 0.3) is 0 Å². The normalized spacial score (nSPS) is 11.7. The summed E-state index contributed by atoms with van der Waals surface area (Å²) >= 11 is 3.05. The van der Waals surface area contributed by atoms with Crippen LogP contribution >= 0.6 is 15.9 Å². The number of carbonyl (C=O) groups excluding carboxylic acids is 1. The smallest absolute Gasteiger partial charge is 0.317 e. The predicted octanol–water partition coefficient (Wildman–Crippen LogP) is 4.69. The highest BCUT2D eigenvalue weighted by Crippen LogP contribution is 2.37. The molecule has 0 bridgehead atoms. The molecule has 0 spiro atoms. The van der Waals surface area contributed by atoms with Gasteiger partial charge in [-0.2, -0.15) is 13.2 Å². The molecule has 2 nitrogen and oxygen atoms in total. The number of aryl methyl sites for hydroxylation is 1. The van der Waals surface area contributed by atoms with Gasteiger partial charge in [-0.15, -0.1) is 0 Å². The molecule has 0 radical (unpaired) electrons.